The largest absolute Gasteiger partial charge is 0.389 e. The van der Waals surface area contributed by atoms with Gasteiger partial charge in [0.25, 0.3) is 0 Å². The zero-order chi connectivity index (χ0) is 16.5. The zero-order valence-corrected chi connectivity index (χ0v) is 14.0. The molecule has 0 bridgehead atoms. The first-order valence-electron chi connectivity index (χ1n) is 7.74. The van der Waals surface area contributed by atoms with E-state index in [4.69, 9.17) is 9.47 Å². The van der Waals surface area contributed by atoms with Crippen molar-refractivity contribution >= 4 is 0 Å². The Labute approximate surface area is 132 Å². The Morgan fingerprint density at radius 3 is 2.50 bits per heavy atom. The zero-order valence-electron chi connectivity index (χ0n) is 14.0. The summed E-state index contributed by atoms with van der Waals surface area (Å²) in [5.41, 5.74) is 0.628. The highest BCUT2D eigenvalue weighted by atomic mass is 19.1. The molecule has 1 aromatic rings. The van der Waals surface area contributed by atoms with Gasteiger partial charge in [-0.05, 0) is 33.9 Å². The standard InChI is InChI=1S/C17H28FNO3/c1-13(2)22-10-9-21-12-15(20)11-19(4)14(3)16-7-5-6-8-17(16)18/h5-8,13-15,20H,9-12H2,1-4H3. The number of nitrogens with zero attached hydrogens (tertiary/aromatic N) is 1. The van der Waals surface area contributed by atoms with Crippen LogP contribution in [-0.2, 0) is 9.47 Å². The van der Waals surface area contributed by atoms with Crippen LogP contribution < -0.4 is 0 Å². The fourth-order valence-corrected chi connectivity index (χ4v) is 2.16. The molecule has 5 heteroatoms. The summed E-state index contributed by atoms with van der Waals surface area (Å²) in [4.78, 5) is 1.91. The number of hydrogen-bond donors (Lipinski definition) is 1. The first-order chi connectivity index (χ1) is 10.4. The topological polar surface area (TPSA) is 41.9 Å². The van der Waals surface area contributed by atoms with Crippen LogP contribution in [0.25, 0.3) is 0 Å². The van der Waals surface area contributed by atoms with Crippen molar-refractivity contribution in [2.24, 2.45) is 0 Å². The lowest BCUT2D eigenvalue weighted by Crippen LogP contribution is -2.34. The smallest absolute Gasteiger partial charge is 0.127 e. The van der Waals surface area contributed by atoms with Crippen molar-refractivity contribution < 1.29 is 19.0 Å². The van der Waals surface area contributed by atoms with Crippen molar-refractivity contribution in [3.63, 3.8) is 0 Å². The highest BCUT2D eigenvalue weighted by Crippen LogP contribution is 2.21. The van der Waals surface area contributed by atoms with Gasteiger partial charge in [0.15, 0.2) is 0 Å². The number of benzene rings is 1. The van der Waals surface area contributed by atoms with E-state index in [0.717, 1.165) is 0 Å². The third-order valence-corrected chi connectivity index (χ3v) is 3.50. The van der Waals surface area contributed by atoms with E-state index in [-0.39, 0.29) is 24.6 Å². The van der Waals surface area contributed by atoms with Gasteiger partial charge in [-0.2, -0.15) is 0 Å². The van der Waals surface area contributed by atoms with Crippen LogP contribution in [-0.4, -0.2) is 55.6 Å². The minimum atomic E-state index is -0.613. The normalized spacial score (nSPS) is 14.5. The Balaban J connectivity index is 2.31. The van der Waals surface area contributed by atoms with E-state index >= 15 is 0 Å². The lowest BCUT2D eigenvalue weighted by Gasteiger charge is -2.27. The number of aliphatic hydroxyl groups is 1. The summed E-state index contributed by atoms with van der Waals surface area (Å²) >= 11 is 0. The first-order valence-corrected chi connectivity index (χ1v) is 7.74. The second kappa shape index (κ2) is 9.90. The van der Waals surface area contributed by atoms with Gasteiger partial charge in [-0.1, -0.05) is 18.2 Å². The third-order valence-electron chi connectivity index (χ3n) is 3.50. The van der Waals surface area contributed by atoms with E-state index in [9.17, 15) is 9.50 Å². The van der Waals surface area contributed by atoms with E-state index < -0.39 is 6.10 Å². The Hall–Kier alpha value is -1.01. The van der Waals surface area contributed by atoms with Crippen LogP contribution in [0.15, 0.2) is 24.3 Å². The van der Waals surface area contributed by atoms with Crippen molar-refractivity contribution in [2.75, 3.05) is 33.4 Å². The summed E-state index contributed by atoms with van der Waals surface area (Å²) in [5.74, 6) is -0.224. The summed E-state index contributed by atoms with van der Waals surface area (Å²) in [6.45, 7) is 7.49. The number of halogens is 1. The maximum atomic E-state index is 13.8. The molecule has 1 aromatic carbocycles. The van der Waals surface area contributed by atoms with Gasteiger partial charge in [0, 0.05) is 18.2 Å². The molecule has 0 spiro atoms. The predicted molar refractivity (Wildman–Crippen MR) is 85.4 cm³/mol. The number of ether oxygens (including phenoxy) is 2. The molecule has 0 amide bonds. The molecule has 0 aromatic heterocycles. The van der Waals surface area contributed by atoms with Crippen LogP contribution in [0.1, 0.15) is 32.4 Å². The maximum absolute atomic E-state index is 13.8. The highest BCUT2D eigenvalue weighted by Gasteiger charge is 2.18. The molecule has 0 aliphatic carbocycles. The van der Waals surface area contributed by atoms with Gasteiger partial charge in [0.2, 0.25) is 0 Å². The summed E-state index contributed by atoms with van der Waals surface area (Å²) in [5, 5.41) is 9.99. The fourth-order valence-electron chi connectivity index (χ4n) is 2.16. The molecule has 0 aliphatic rings. The molecule has 1 N–H and O–H groups in total. The third kappa shape index (κ3) is 6.83. The average Bonchev–Trinajstić information content (AvgIpc) is 2.46. The second-order valence-corrected chi connectivity index (χ2v) is 5.79. The predicted octanol–water partition coefficient (Wildman–Crippen LogP) is 2.62. The van der Waals surface area contributed by atoms with Crippen LogP contribution >= 0.6 is 0 Å². The number of aliphatic hydroxyl groups excluding tert-OH is 1. The summed E-state index contributed by atoms with van der Waals surface area (Å²) in [6, 6.07) is 6.60. The van der Waals surface area contributed by atoms with Gasteiger partial charge < -0.3 is 14.6 Å². The molecule has 2 atom stereocenters. The number of rotatable bonds is 10. The molecule has 4 nitrogen and oxygen atoms in total. The summed E-state index contributed by atoms with van der Waals surface area (Å²) in [7, 11) is 1.86. The Bertz CT molecular complexity index is 428. The van der Waals surface area contributed by atoms with Gasteiger partial charge in [-0.3, -0.25) is 4.90 Å². The van der Waals surface area contributed by atoms with Gasteiger partial charge in [0.1, 0.15) is 5.82 Å². The van der Waals surface area contributed by atoms with E-state index in [1.165, 1.54) is 6.07 Å². The molecule has 126 valence electrons. The van der Waals surface area contributed by atoms with Crippen molar-refractivity contribution in [3.8, 4) is 0 Å². The molecule has 0 fully saturated rings. The van der Waals surface area contributed by atoms with Crippen molar-refractivity contribution in [2.45, 2.75) is 39.0 Å². The molecule has 2 unspecified atom stereocenters. The summed E-state index contributed by atoms with van der Waals surface area (Å²) < 4.78 is 24.5. The van der Waals surface area contributed by atoms with Gasteiger partial charge in [0.05, 0.1) is 32.0 Å². The maximum Gasteiger partial charge on any atom is 0.127 e. The Morgan fingerprint density at radius 1 is 1.18 bits per heavy atom. The molecule has 22 heavy (non-hydrogen) atoms. The van der Waals surface area contributed by atoms with Crippen LogP contribution in [0.2, 0.25) is 0 Å². The van der Waals surface area contributed by atoms with Crippen molar-refractivity contribution in [3.05, 3.63) is 35.6 Å². The molecule has 1 rings (SSSR count). The molecular formula is C17H28FNO3. The quantitative estimate of drug-likeness (QED) is 0.674. The first kappa shape index (κ1) is 19.0. The number of likely N-dealkylation sites (N-methyl/N-ethyl adjacent to an activating group) is 1. The highest BCUT2D eigenvalue weighted by molar-refractivity contribution is 5.20. The average molecular weight is 313 g/mol. The monoisotopic (exact) mass is 313 g/mol. The minimum absolute atomic E-state index is 0.111. The van der Waals surface area contributed by atoms with E-state index in [1.807, 2.05) is 38.8 Å². The molecule has 0 saturated heterocycles. The molecule has 0 saturated carbocycles. The van der Waals surface area contributed by atoms with Crippen LogP contribution in [0, 0.1) is 5.82 Å². The van der Waals surface area contributed by atoms with Crippen LogP contribution in [0.5, 0.6) is 0 Å². The van der Waals surface area contributed by atoms with Gasteiger partial charge >= 0.3 is 0 Å². The van der Waals surface area contributed by atoms with E-state index in [2.05, 4.69) is 0 Å². The van der Waals surface area contributed by atoms with Crippen LogP contribution in [0.3, 0.4) is 0 Å². The Kier molecular flexibility index (Phi) is 8.56. The molecular weight excluding hydrogens is 285 g/mol. The van der Waals surface area contributed by atoms with Gasteiger partial charge in [-0.15, -0.1) is 0 Å². The van der Waals surface area contributed by atoms with Crippen molar-refractivity contribution in [1.29, 1.82) is 0 Å². The van der Waals surface area contributed by atoms with Gasteiger partial charge in [-0.25, -0.2) is 4.39 Å². The van der Waals surface area contributed by atoms with E-state index in [0.29, 0.717) is 25.3 Å². The lowest BCUT2D eigenvalue weighted by molar-refractivity contribution is -0.0194. The molecule has 0 radical (unpaired) electrons. The molecule has 0 aliphatic heterocycles. The second-order valence-electron chi connectivity index (χ2n) is 5.79. The summed E-state index contributed by atoms with van der Waals surface area (Å²) in [6.07, 6.45) is -0.431. The van der Waals surface area contributed by atoms with E-state index in [1.54, 1.807) is 12.1 Å². The SMILES string of the molecule is CC(C)OCCOCC(O)CN(C)C(C)c1ccccc1F. The Morgan fingerprint density at radius 2 is 1.86 bits per heavy atom. The lowest BCUT2D eigenvalue weighted by atomic mass is 10.1. The fraction of sp³-hybridized carbons (Fsp3) is 0.647. The van der Waals surface area contributed by atoms with Crippen molar-refractivity contribution in [1.82, 2.24) is 4.90 Å². The number of hydrogen-bond acceptors (Lipinski definition) is 4. The molecule has 0 heterocycles. The minimum Gasteiger partial charge on any atom is -0.389 e. The van der Waals surface area contributed by atoms with Crippen LogP contribution in [0.4, 0.5) is 4.39 Å².